The highest BCUT2D eigenvalue weighted by molar-refractivity contribution is 5.74. The second kappa shape index (κ2) is 1.50. The van der Waals surface area contributed by atoms with E-state index in [-0.39, 0.29) is 5.92 Å². The van der Waals surface area contributed by atoms with Crippen LogP contribution in [0.2, 0.25) is 0 Å². The van der Waals surface area contributed by atoms with E-state index in [4.69, 9.17) is 5.26 Å². The predicted molar refractivity (Wildman–Crippen MR) is 21.4 cm³/mol. The SMILES string of the molecule is O=C(OO)C1CC1. The van der Waals surface area contributed by atoms with Gasteiger partial charge in [-0.1, -0.05) is 0 Å². The molecule has 0 unspecified atom stereocenters. The van der Waals surface area contributed by atoms with Gasteiger partial charge in [-0.2, -0.15) is 5.26 Å². The fourth-order valence-electron chi connectivity index (χ4n) is 0.394. The molecule has 0 amide bonds. The Kier molecular flexibility index (Phi) is 0.982. The van der Waals surface area contributed by atoms with Crippen molar-refractivity contribution in [1.29, 1.82) is 0 Å². The predicted octanol–water partition coefficient (Wildman–Crippen LogP) is 0.413. The molecule has 40 valence electrons. The standard InChI is InChI=1S/C4H6O3/c5-4(7-6)3-1-2-3/h3,6H,1-2H2. The largest absolute Gasteiger partial charge is 0.345 e. The van der Waals surface area contributed by atoms with E-state index in [1.165, 1.54) is 0 Å². The zero-order valence-corrected chi connectivity index (χ0v) is 3.76. The summed E-state index contributed by atoms with van der Waals surface area (Å²) in [5.74, 6) is -0.481. The van der Waals surface area contributed by atoms with Gasteiger partial charge < -0.3 is 4.89 Å². The summed E-state index contributed by atoms with van der Waals surface area (Å²) in [6.45, 7) is 0. The molecular weight excluding hydrogens is 96.0 g/mol. The van der Waals surface area contributed by atoms with Gasteiger partial charge in [0.1, 0.15) is 0 Å². The van der Waals surface area contributed by atoms with Crippen molar-refractivity contribution in [3.05, 3.63) is 0 Å². The van der Waals surface area contributed by atoms with Gasteiger partial charge in [0.2, 0.25) is 0 Å². The van der Waals surface area contributed by atoms with E-state index in [1.807, 2.05) is 0 Å². The molecular formula is C4H6O3. The Labute approximate surface area is 40.8 Å². The number of rotatable bonds is 1. The van der Waals surface area contributed by atoms with Crippen LogP contribution in [0.3, 0.4) is 0 Å². The maximum absolute atomic E-state index is 10.1. The van der Waals surface area contributed by atoms with Gasteiger partial charge in [0.25, 0.3) is 0 Å². The van der Waals surface area contributed by atoms with E-state index < -0.39 is 5.97 Å². The average Bonchev–Trinajstić information content (AvgIpc) is 2.44. The van der Waals surface area contributed by atoms with E-state index in [2.05, 4.69) is 4.89 Å². The van der Waals surface area contributed by atoms with E-state index in [0.717, 1.165) is 12.8 Å². The van der Waals surface area contributed by atoms with Crippen LogP contribution < -0.4 is 0 Å². The normalized spacial score (nSPS) is 19.0. The van der Waals surface area contributed by atoms with Crippen LogP contribution in [-0.2, 0) is 9.68 Å². The third-order valence-electron chi connectivity index (χ3n) is 1.00. The van der Waals surface area contributed by atoms with Crippen LogP contribution >= 0.6 is 0 Å². The van der Waals surface area contributed by atoms with Gasteiger partial charge in [-0.15, -0.1) is 0 Å². The summed E-state index contributed by atoms with van der Waals surface area (Å²) in [4.78, 5) is 13.5. The molecule has 3 heteroatoms. The zero-order chi connectivity index (χ0) is 5.28. The van der Waals surface area contributed by atoms with Gasteiger partial charge in [-0.3, -0.25) is 0 Å². The number of hydrogen-bond acceptors (Lipinski definition) is 3. The van der Waals surface area contributed by atoms with Crippen LogP contribution in [0.1, 0.15) is 12.8 Å². The smallest absolute Gasteiger partial charge is 0.301 e. The summed E-state index contributed by atoms with van der Waals surface area (Å²) >= 11 is 0. The van der Waals surface area contributed by atoms with Crippen molar-refractivity contribution in [3.63, 3.8) is 0 Å². The second-order valence-electron chi connectivity index (χ2n) is 1.68. The lowest BCUT2D eigenvalue weighted by atomic mass is 10.5. The summed E-state index contributed by atoms with van der Waals surface area (Å²) in [5.41, 5.74) is 0. The number of carbonyl (C=O) groups excluding carboxylic acids is 1. The molecule has 0 bridgehead atoms. The third kappa shape index (κ3) is 0.899. The van der Waals surface area contributed by atoms with Crippen LogP contribution in [0.5, 0.6) is 0 Å². The molecule has 0 spiro atoms. The summed E-state index contributed by atoms with van der Waals surface area (Å²) in [5, 5.41) is 7.70. The van der Waals surface area contributed by atoms with Crippen LogP contribution in [-0.4, -0.2) is 11.2 Å². The zero-order valence-electron chi connectivity index (χ0n) is 3.76. The second-order valence-corrected chi connectivity index (χ2v) is 1.68. The first-order chi connectivity index (χ1) is 3.34. The molecule has 1 aliphatic carbocycles. The van der Waals surface area contributed by atoms with Crippen molar-refractivity contribution in [1.82, 2.24) is 0 Å². The Morgan fingerprint density at radius 2 is 2.29 bits per heavy atom. The molecule has 1 N–H and O–H groups in total. The first-order valence-corrected chi connectivity index (χ1v) is 2.20. The molecule has 1 saturated carbocycles. The molecule has 7 heavy (non-hydrogen) atoms. The summed E-state index contributed by atoms with van der Waals surface area (Å²) in [6, 6.07) is 0. The van der Waals surface area contributed by atoms with E-state index in [0.29, 0.717) is 0 Å². The summed E-state index contributed by atoms with van der Waals surface area (Å²) in [6.07, 6.45) is 1.75. The van der Waals surface area contributed by atoms with Crippen molar-refractivity contribution in [2.45, 2.75) is 12.8 Å². The van der Waals surface area contributed by atoms with Crippen LogP contribution in [0, 0.1) is 5.92 Å². The molecule has 1 aliphatic rings. The van der Waals surface area contributed by atoms with E-state index in [1.54, 1.807) is 0 Å². The lowest BCUT2D eigenvalue weighted by molar-refractivity contribution is -0.235. The molecule has 0 heterocycles. The fourth-order valence-corrected chi connectivity index (χ4v) is 0.394. The molecule has 0 aromatic carbocycles. The highest BCUT2D eigenvalue weighted by Crippen LogP contribution is 2.29. The van der Waals surface area contributed by atoms with Gasteiger partial charge in [-0.25, -0.2) is 4.79 Å². The molecule has 0 radical (unpaired) electrons. The Morgan fingerprint density at radius 3 is 2.43 bits per heavy atom. The minimum absolute atomic E-state index is 0.00463. The summed E-state index contributed by atoms with van der Waals surface area (Å²) in [7, 11) is 0. The lowest BCUT2D eigenvalue weighted by Gasteiger charge is -1.85. The van der Waals surface area contributed by atoms with E-state index >= 15 is 0 Å². The van der Waals surface area contributed by atoms with Crippen LogP contribution in [0.4, 0.5) is 0 Å². The Hall–Kier alpha value is -0.570. The Morgan fingerprint density at radius 1 is 1.71 bits per heavy atom. The van der Waals surface area contributed by atoms with Gasteiger partial charge in [0, 0.05) is 0 Å². The van der Waals surface area contributed by atoms with Crippen molar-refractivity contribution in [2.75, 3.05) is 0 Å². The maximum Gasteiger partial charge on any atom is 0.345 e. The average molecular weight is 102 g/mol. The molecule has 1 rings (SSSR count). The summed E-state index contributed by atoms with van der Waals surface area (Å²) < 4.78 is 0. The highest BCUT2D eigenvalue weighted by atomic mass is 17.1. The lowest BCUT2D eigenvalue weighted by Crippen LogP contribution is -2.01. The fraction of sp³-hybridized carbons (Fsp3) is 0.750. The van der Waals surface area contributed by atoms with Gasteiger partial charge in [-0.05, 0) is 12.8 Å². The first kappa shape index (κ1) is 4.59. The van der Waals surface area contributed by atoms with Gasteiger partial charge in [0.05, 0.1) is 5.92 Å². The number of carbonyl (C=O) groups is 1. The van der Waals surface area contributed by atoms with Crippen LogP contribution in [0.25, 0.3) is 0 Å². The highest BCUT2D eigenvalue weighted by Gasteiger charge is 2.31. The first-order valence-electron chi connectivity index (χ1n) is 2.20. The monoisotopic (exact) mass is 102 g/mol. The third-order valence-corrected chi connectivity index (χ3v) is 1.00. The molecule has 0 atom stereocenters. The van der Waals surface area contributed by atoms with Gasteiger partial charge in [0.15, 0.2) is 0 Å². The minimum Gasteiger partial charge on any atom is -0.301 e. The maximum atomic E-state index is 10.1. The molecule has 0 aromatic heterocycles. The van der Waals surface area contributed by atoms with Crippen LogP contribution in [0.15, 0.2) is 0 Å². The molecule has 0 aromatic rings. The van der Waals surface area contributed by atoms with Crippen molar-refractivity contribution >= 4 is 5.97 Å². The minimum atomic E-state index is -0.486. The van der Waals surface area contributed by atoms with Crippen molar-refractivity contribution in [3.8, 4) is 0 Å². The molecule has 3 nitrogen and oxygen atoms in total. The van der Waals surface area contributed by atoms with Gasteiger partial charge >= 0.3 is 5.97 Å². The topological polar surface area (TPSA) is 46.5 Å². The molecule has 0 aliphatic heterocycles. The Balaban J connectivity index is 2.24. The van der Waals surface area contributed by atoms with Crippen molar-refractivity contribution < 1.29 is 14.9 Å². The Bertz CT molecular complexity index is 84.9. The van der Waals surface area contributed by atoms with E-state index in [9.17, 15) is 4.79 Å². The quantitative estimate of drug-likeness (QED) is 0.385. The molecule has 0 saturated heterocycles. The molecule has 1 fully saturated rings. The van der Waals surface area contributed by atoms with Crippen molar-refractivity contribution in [2.24, 2.45) is 5.92 Å². The number of hydrogen-bond donors (Lipinski definition) is 1.